The van der Waals surface area contributed by atoms with Gasteiger partial charge in [-0.25, -0.2) is 9.18 Å². The number of carbonyl (C=O) groups excluding carboxylic acids is 1. The van der Waals surface area contributed by atoms with Crippen molar-refractivity contribution in [3.05, 3.63) is 41.9 Å². The first-order valence-corrected chi connectivity index (χ1v) is 4.90. The molecule has 0 saturated carbocycles. The number of ether oxygens (including phenoxy) is 2. The molecule has 0 amide bonds. The van der Waals surface area contributed by atoms with E-state index in [1.165, 1.54) is 24.3 Å². The van der Waals surface area contributed by atoms with Gasteiger partial charge in [0.25, 0.3) is 0 Å². The van der Waals surface area contributed by atoms with Gasteiger partial charge in [-0.2, -0.15) is 0 Å². The van der Waals surface area contributed by atoms with Gasteiger partial charge in [0.1, 0.15) is 17.3 Å². The highest BCUT2D eigenvalue weighted by molar-refractivity contribution is 5.82. The molecular weight excluding hydrogens is 211 g/mol. The van der Waals surface area contributed by atoms with Crippen molar-refractivity contribution in [3.8, 4) is 5.75 Å². The first kappa shape index (κ1) is 12.2. The quantitative estimate of drug-likeness (QED) is 0.448. The first-order chi connectivity index (χ1) is 7.61. The third kappa shape index (κ3) is 4.13. The van der Waals surface area contributed by atoms with E-state index in [-0.39, 0.29) is 5.82 Å². The standard InChI is InChI=1S/C12H13FO3/c1-3-15-12(14)7-9(2)16-11-6-4-5-10(13)8-11/h4-8H,3H2,1-2H3/b9-7-. The summed E-state index contributed by atoms with van der Waals surface area (Å²) in [5.41, 5.74) is 0. The molecule has 86 valence electrons. The molecule has 3 nitrogen and oxygen atoms in total. The average Bonchev–Trinajstić information content (AvgIpc) is 2.17. The highest BCUT2D eigenvalue weighted by atomic mass is 19.1. The Morgan fingerprint density at radius 1 is 1.50 bits per heavy atom. The minimum atomic E-state index is -0.476. The van der Waals surface area contributed by atoms with Crippen molar-refractivity contribution in [2.75, 3.05) is 6.61 Å². The van der Waals surface area contributed by atoms with Crippen LogP contribution in [0.1, 0.15) is 13.8 Å². The zero-order chi connectivity index (χ0) is 12.0. The molecule has 0 radical (unpaired) electrons. The second kappa shape index (κ2) is 5.90. The van der Waals surface area contributed by atoms with Gasteiger partial charge < -0.3 is 9.47 Å². The molecule has 1 aromatic rings. The molecule has 0 unspecified atom stereocenters. The number of carbonyl (C=O) groups is 1. The van der Waals surface area contributed by atoms with Crippen molar-refractivity contribution < 1.29 is 18.7 Å². The molecule has 1 aromatic carbocycles. The van der Waals surface area contributed by atoms with Gasteiger partial charge in [0.05, 0.1) is 12.7 Å². The summed E-state index contributed by atoms with van der Waals surface area (Å²) in [6.45, 7) is 3.62. The Morgan fingerprint density at radius 2 is 2.25 bits per heavy atom. The van der Waals surface area contributed by atoms with Gasteiger partial charge in [0.2, 0.25) is 0 Å². The summed E-state index contributed by atoms with van der Waals surface area (Å²) < 4.78 is 22.7. The largest absolute Gasteiger partial charge is 0.463 e. The zero-order valence-electron chi connectivity index (χ0n) is 9.20. The van der Waals surface area contributed by atoms with Crippen LogP contribution in [0.5, 0.6) is 5.75 Å². The van der Waals surface area contributed by atoms with Gasteiger partial charge in [-0.1, -0.05) is 6.07 Å². The highest BCUT2D eigenvalue weighted by Crippen LogP contribution is 2.14. The lowest BCUT2D eigenvalue weighted by Crippen LogP contribution is -2.02. The Balaban J connectivity index is 2.63. The van der Waals surface area contributed by atoms with E-state index in [0.717, 1.165) is 0 Å². The lowest BCUT2D eigenvalue weighted by atomic mass is 10.3. The summed E-state index contributed by atoms with van der Waals surface area (Å²) in [5, 5.41) is 0. The maximum absolute atomic E-state index is 12.8. The van der Waals surface area contributed by atoms with Crippen LogP contribution < -0.4 is 4.74 Å². The number of benzene rings is 1. The summed E-state index contributed by atoms with van der Waals surface area (Å²) in [6.07, 6.45) is 1.22. The third-order valence-corrected chi connectivity index (χ3v) is 1.68. The fourth-order valence-electron chi connectivity index (χ4n) is 1.10. The first-order valence-electron chi connectivity index (χ1n) is 4.90. The number of rotatable bonds is 4. The van der Waals surface area contributed by atoms with Gasteiger partial charge in [-0.15, -0.1) is 0 Å². The van der Waals surface area contributed by atoms with Crippen molar-refractivity contribution in [3.63, 3.8) is 0 Å². The Hall–Kier alpha value is -1.84. The molecule has 0 N–H and O–H groups in total. The van der Waals surface area contributed by atoms with Crippen LogP contribution in [0.15, 0.2) is 36.1 Å². The van der Waals surface area contributed by atoms with E-state index >= 15 is 0 Å². The van der Waals surface area contributed by atoms with E-state index in [4.69, 9.17) is 9.47 Å². The van der Waals surface area contributed by atoms with E-state index in [9.17, 15) is 9.18 Å². The number of allylic oxidation sites excluding steroid dienone is 1. The van der Waals surface area contributed by atoms with Gasteiger partial charge >= 0.3 is 5.97 Å². The number of hydrogen-bond donors (Lipinski definition) is 0. The van der Waals surface area contributed by atoms with E-state index in [2.05, 4.69) is 0 Å². The molecule has 0 fully saturated rings. The Kier molecular flexibility index (Phi) is 4.51. The highest BCUT2D eigenvalue weighted by Gasteiger charge is 2.01. The van der Waals surface area contributed by atoms with Crippen LogP contribution in [0, 0.1) is 5.82 Å². The van der Waals surface area contributed by atoms with Crippen LogP contribution >= 0.6 is 0 Å². The van der Waals surface area contributed by atoms with E-state index in [1.807, 2.05) is 0 Å². The van der Waals surface area contributed by atoms with Crippen molar-refractivity contribution in [2.45, 2.75) is 13.8 Å². The predicted octanol–water partition coefficient (Wildman–Crippen LogP) is 2.67. The average molecular weight is 224 g/mol. The number of esters is 1. The summed E-state index contributed by atoms with van der Waals surface area (Å²) in [4.78, 5) is 11.1. The van der Waals surface area contributed by atoms with Crippen LogP contribution in [0.3, 0.4) is 0 Å². The molecule has 0 aliphatic heterocycles. The molecule has 0 aliphatic carbocycles. The molecule has 16 heavy (non-hydrogen) atoms. The molecule has 0 aliphatic rings. The second-order valence-electron chi connectivity index (χ2n) is 3.07. The normalized spacial score (nSPS) is 11.1. The summed E-state index contributed by atoms with van der Waals surface area (Å²) in [6, 6.07) is 5.69. The molecular formula is C12H13FO3. The van der Waals surface area contributed by atoms with Crippen LogP contribution in [-0.2, 0) is 9.53 Å². The van der Waals surface area contributed by atoms with Gasteiger partial charge in [0, 0.05) is 6.07 Å². The molecule has 0 bridgehead atoms. The van der Waals surface area contributed by atoms with Crippen molar-refractivity contribution in [1.82, 2.24) is 0 Å². The monoisotopic (exact) mass is 224 g/mol. The second-order valence-corrected chi connectivity index (χ2v) is 3.07. The van der Waals surface area contributed by atoms with Crippen molar-refractivity contribution >= 4 is 5.97 Å². The Bertz CT molecular complexity index is 399. The van der Waals surface area contributed by atoms with E-state index in [1.54, 1.807) is 19.9 Å². The lowest BCUT2D eigenvalue weighted by molar-refractivity contribution is -0.137. The minimum Gasteiger partial charge on any atom is -0.463 e. The third-order valence-electron chi connectivity index (χ3n) is 1.68. The predicted molar refractivity (Wildman–Crippen MR) is 57.4 cm³/mol. The van der Waals surface area contributed by atoms with Crippen LogP contribution in [0.2, 0.25) is 0 Å². The lowest BCUT2D eigenvalue weighted by Gasteiger charge is -2.05. The van der Waals surface area contributed by atoms with E-state index < -0.39 is 5.97 Å². The number of hydrogen-bond acceptors (Lipinski definition) is 3. The molecule has 4 heteroatoms. The molecule has 0 atom stereocenters. The maximum Gasteiger partial charge on any atom is 0.334 e. The van der Waals surface area contributed by atoms with E-state index in [0.29, 0.717) is 18.1 Å². The zero-order valence-corrected chi connectivity index (χ0v) is 9.20. The molecule has 0 aromatic heterocycles. The molecule has 0 heterocycles. The topological polar surface area (TPSA) is 35.5 Å². The molecule has 0 spiro atoms. The smallest absolute Gasteiger partial charge is 0.334 e. The van der Waals surface area contributed by atoms with Crippen LogP contribution in [0.4, 0.5) is 4.39 Å². The molecule has 1 rings (SSSR count). The van der Waals surface area contributed by atoms with Gasteiger partial charge in [0.15, 0.2) is 0 Å². The van der Waals surface area contributed by atoms with Gasteiger partial charge in [-0.3, -0.25) is 0 Å². The SMILES string of the molecule is CCOC(=O)/C=C(/C)Oc1cccc(F)c1. The van der Waals surface area contributed by atoms with Crippen LogP contribution in [-0.4, -0.2) is 12.6 Å². The minimum absolute atomic E-state index is 0.308. The maximum atomic E-state index is 12.8. The van der Waals surface area contributed by atoms with Crippen molar-refractivity contribution in [2.24, 2.45) is 0 Å². The summed E-state index contributed by atoms with van der Waals surface area (Å²) in [5.74, 6) is -0.167. The Morgan fingerprint density at radius 3 is 2.88 bits per heavy atom. The van der Waals surface area contributed by atoms with Crippen LogP contribution in [0.25, 0.3) is 0 Å². The Labute approximate surface area is 93.5 Å². The fraction of sp³-hybridized carbons (Fsp3) is 0.250. The van der Waals surface area contributed by atoms with Crippen molar-refractivity contribution in [1.29, 1.82) is 0 Å². The number of halogens is 1. The molecule has 0 saturated heterocycles. The summed E-state index contributed by atoms with van der Waals surface area (Å²) >= 11 is 0. The fourth-order valence-corrected chi connectivity index (χ4v) is 1.10. The summed E-state index contributed by atoms with van der Waals surface area (Å²) in [7, 11) is 0. The van der Waals surface area contributed by atoms with Gasteiger partial charge in [-0.05, 0) is 26.0 Å².